The average molecular weight is 305 g/mol. The normalized spacial score (nSPS) is 12.8. The summed E-state index contributed by atoms with van der Waals surface area (Å²) in [5.41, 5.74) is 0.597. The number of fused-ring (bicyclic) bond motifs is 1. The van der Waals surface area contributed by atoms with E-state index in [-0.39, 0.29) is 17.5 Å². The molecule has 6 heteroatoms. The van der Waals surface area contributed by atoms with E-state index in [0.29, 0.717) is 11.7 Å². The fourth-order valence-electron chi connectivity index (χ4n) is 2.47. The van der Waals surface area contributed by atoms with E-state index >= 15 is 0 Å². The van der Waals surface area contributed by atoms with E-state index in [1.807, 2.05) is 24.7 Å². The predicted octanol–water partition coefficient (Wildman–Crippen LogP) is 3.67. The number of hydrogen-bond acceptors (Lipinski definition) is 4. The molecule has 1 atom stereocenters. The summed E-state index contributed by atoms with van der Waals surface area (Å²) in [7, 11) is 0. The fourth-order valence-corrected chi connectivity index (χ4v) is 2.47. The summed E-state index contributed by atoms with van der Waals surface area (Å²) in [6.45, 7) is 7.94. The van der Waals surface area contributed by atoms with Crippen LogP contribution in [0.1, 0.15) is 63.4 Å². The summed E-state index contributed by atoms with van der Waals surface area (Å²) in [5.74, 6) is -0.915. The Labute approximate surface area is 130 Å². The molecule has 0 spiro atoms. The van der Waals surface area contributed by atoms with Crippen LogP contribution in [0, 0.1) is 0 Å². The van der Waals surface area contributed by atoms with Crippen LogP contribution >= 0.6 is 0 Å². The van der Waals surface area contributed by atoms with Gasteiger partial charge in [0.15, 0.2) is 5.65 Å². The lowest BCUT2D eigenvalue weighted by Crippen LogP contribution is -2.11. The van der Waals surface area contributed by atoms with Gasteiger partial charge in [0.25, 0.3) is 0 Å². The molecule has 0 radical (unpaired) electrons. The van der Waals surface area contributed by atoms with Gasteiger partial charge in [0, 0.05) is 11.6 Å². The van der Waals surface area contributed by atoms with Crippen LogP contribution in [0.3, 0.4) is 0 Å². The number of aromatic nitrogens is 3. The molecule has 0 aromatic carbocycles. The number of pyridine rings is 1. The SMILES string of the molecule is CCCC(CC)n1cc2cc(C(=O)O)c(OC(C)C)nc2n1. The van der Waals surface area contributed by atoms with Gasteiger partial charge in [0.05, 0.1) is 12.1 Å². The lowest BCUT2D eigenvalue weighted by Gasteiger charge is -2.13. The second-order valence-corrected chi connectivity index (χ2v) is 5.69. The zero-order valence-electron chi connectivity index (χ0n) is 13.5. The van der Waals surface area contributed by atoms with Crippen LogP contribution in [-0.2, 0) is 0 Å². The summed E-state index contributed by atoms with van der Waals surface area (Å²) < 4.78 is 7.41. The number of nitrogens with zero attached hydrogens (tertiary/aromatic N) is 3. The minimum atomic E-state index is -1.04. The summed E-state index contributed by atoms with van der Waals surface area (Å²) in [6, 6.07) is 1.90. The highest BCUT2D eigenvalue weighted by Crippen LogP contribution is 2.25. The Hall–Kier alpha value is -2.11. The minimum absolute atomic E-state index is 0.0734. The summed E-state index contributed by atoms with van der Waals surface area (Å²) in [6.07, 6.45) is 4.81. The molecule has 0 saturated heterocycles. The van der Waals surface area contributed by atoms with E-state index in [0.717, 1.165) is 24.6 Å². The van der Waals surface area contributed by atoms with E-state index in [4.69, 9.17) is 4.74 Å². The Bertz CT molecular complexity index is 664. The molecule has 0 fully saturated rings. The van der Waals surface area contributed by atoms with Crippen LogP contribution in [-0.4, -0.2) is 31.9 Å². The quantitative estimate of drug-likeness (QED) is 0.844. The molecule has 0 saturated carbocycles. The van der Waals surface area contributed by atoms with Crippen molar-refractivity contribution in [2.24, 2.45) is 0 Å². The molecular formula is C16H23N3O3. The van der Waals surface area contributed by atoms with Crippen molar-refractivity contribution in [3.63, 3.8) is 0 Å². The monoisotopic (exact) mass is 305 g/mol. The highest BCUT2D eigenvalue weighted by molar-refractivity contribution is 5.94. The van der Waals surface area contributed by atoms with Crippen LogP contribution in [0.4, 0.5) is 0 Å². The third kappa shape index (κ3) is 3.37. The number of rotatable bonds is 7. The lowest BCUT2D eigenvalue weighted by molar-refractivity contribution is 0.0689. The van der Waals surface area contributed by atoms with Gasteiger partial charge in [-0.3, -0.25) is 4.68 Å². The standard InChI is InChI=1S/C16H23N3O3/c1-5-7-12(6-2)19-9-11-8-13(16(20)21)15(22-10(3)4)17-14(11)18-19/h8-10,12H,5-7H2,1-4H3,(H,20,21). The zero-order valence-corrected chi connectivity index (χ0v) is 13.5. The second-order valence-electron chi connectivity index (χ2n) is 5.69. The fraction of sp³-hybridized carbons (Fsp3) is 0.562. The van der Waals surface area contributed by atoms with Gasteiger partial charge in [-0.2, -0.15) is 10.1 Å². The topological polar surface area (TPSA) is 77.2 Å². The van der Waals surface area contributed by atoms with Crippen LogP contribution in [0.5, 0.6) is 5.88 Å². The molecule has 0 bridgehead atoms. The van der Waals surface area contributed by atoms with Gasteiger partial charge in [-0.25, -0.2) is 4.79 Å². The van der Waals surface area contributed by atoms with E-state index in [2.05, 4.69) is 23.9 Å². The highest BCUT2D eigenvalue weighted by Gasteiger charge is 2.19. The first-order valence-electron chi connectivity index (χ1n) is 7.76. The molecule has 120 valence electrons. The number of carboxylic acid groups (broad SMARTS) is 1. The van der Waals surface area contributed by atoms with E-state index in [1.54, 1.807) is 6.07 Å². The van der Waals surface area contributed by atoms with Gasteiger partial charge < -0.3 is 9.84 Å². The first-order valence-corrected chi connectivity index (χ1v) is 7.76. The van der Waals surface area contributed by atoms with E-state index in [9.17, 15) is 9.90 Å². The lowest BCUT2D eigenvalue weighted by atomic mass is 10.1. The molecule has 1 N–H and O–H groups in total. The highest BCUT2D eigenvalue weighted by atomic mass is 16.5. The maximum Gasteiger partial charge on any atom is 0.341 e. The molecule has 0 aliphatic rings. The second kappa shape index (κ2) is 6.77. The molecule has 2 heterocycles. The Balaban J connectivity index is 2.49. The molecule has 2 aromatic heterocycles. The Kier molecular flexibility index (Phi) is 5.00. The van der Waals surface area contributed by atoms with Crippen molar-refractivity contribution in [3.05, 3.63) is 17.8 Å². The minimum Gasteiger partial charge on any atom is -0.477 e. The molecule has 2 aromatic rings. The number of ether oxygens (including phenoxy) is 1. The number of carbonyl (C=O) groups is 1. The molecule has 0 amide bonds. The van der Waals surface area contributed by atoms with E-state index < -0.39 is 5.97 Å². The predicted molar refractivity (Wildman–Crippen MR) is 84.5 cm³/mol. The maximum absolute atomic E-state index is 11.4. The Morgan fingerprint density at radius 3 is 2.68 bits per heavy atom. The third-order valence-electron chi connectivity index (χ3n) is 3.52. The Morgan fingerprint density at radius 1 is 1.41 bits per heavy atom. The van der Waals surface area contributed by atoms with Crippen LogP contribution in [0.25, 0.3) is 11.0 Å². The van der Waals surface area contributed by atoms with Crippen molar-refractivity contribution >= 4 is 17.0 Å². The molecular weight excluding hydrogens is 282 g/mol. The van der Waals surface area contributed by atoms with Crippen LogP contribution in [0.2, 0.25) is 0 Å². The molecule has 6 nitrogen and oxygen atoms in total. The molecule has 2 rings (SSSR count). The zero-order chi connectivity index (χ0) is 16.3. The molecule has 0 aliphatic carbocycles. The first kappa shape index (κ1) is 16.3. The summed E-state index contributed by atoms with van der Waals surface area (Å²) in [5, 5.41) is 14.6. The largest absolute Gasteiger partial charge is 0.477 e. The maximum atomic E-state index is 11.4. The van der Waals surface area contributed by atoms with Crippen molar-refractivity contribution in [2.75, 3.05) is 0 Å². The van der Waals surface area contributed by atoms with Crippen LogP contribution < -0.4 is 4.74 Å². The summed E-state index contributed by atoms with van der Waals surface area (Å²) in [4.78, 5) is 15.7. The average Bonchev–Trinajstić information content (AvgIpc) is 2.85. The van der Waals surface area contributed by atoms with Gasteiger partial charge in [-0.05, 0) is 32.8 Å². The van der Waals surface area contributed by atoms with Gasteiger partial charge in [-0.15, -0.1) is 0 Å². The van der Waals surface area contributed by atoms with Crippen molar-refractivity contribution < 1.29 is 14.6 Å². The number of aromatic carboxylic acids is 1. The van der Waals surface area contributed by atoms with Gasteiger partial charge in [-0.1, -0.05) is 20.3 Å². The number of carboxylic acids is 1. The smallest absolute Gasteiger partial charge is 0.341 e. The van der Waals surface area contributed by atoms with Crippen molar-refractivity contribution in [1.82, 2.24) is 14.8 Å². The van der Waals surface area contributed by atoms with Gasteiger partial charge in [0.1, 0.15) is 5.56 Å². The first-order chi connectivity index (χ1) is 10.5. The van der Waals surface area contributed by atoms with Gasteiger partial charge >= 0.3 is 5.97 Å². The third-order valence-corrected chi connectivity index (χ3v) is 3.52. The Morgan fingerprint density at radius 2 is 2.14 bits per heavy atom. The van der Waals surface area contributed by atoms with Crippen molar-refractivity contribution in [3.8, 4) is 5.88 Å². The van der Waals surface area contributed by atoms with Gasteiger partial charge in [0.2, 0.25) is 5.88 Å². The molecule has 1 unspecified atom stereocenters. The number of hydrogen-bond donors (Lipinski definition) is 1. The van der Waals surface area contributed by atoms with Crippen molar-refractivity contribution in [2.45, 2.75) is 59.1 Å². The van der Waals surface area contributed by atoms with E-state index in [1.165, 1.54) is 0 Å². The van der Waals surface area contributed by atoms with Crippen LogP contribution in [0.15, 0.2) is 12.3 Å². The molecule has 0 aliphatic heterocycles. The molecule has 22 heavy (non-hydrogen) atoms. The summed E-state index contributed by atoms with van der Waals surface area (Å²) >= 11 is 0. The van der Waals surface area contributed by atoms with Crippen molar-refractivity contribution in [1.29, 1.82) is 0 Å².